The summed E-state index contributed by atoms with van der Waals surface area (Å²) in [7, 11) is 0. The number of carbonyl (C=O) groups is 1. The Bertz CT molecular complexity index is 873. The molecule has 5 nitrogen and oxygen atoms in total. The van der Waals surface area contributed by atoms with Crippen LogP contribution >= 0.6 is 0 Å². The van der Waals surface area contributed by atoms with Gasteiger partial charge in [-0.25, -0.2) is 4.79 Å². The number of fused-ring (bicyclic) bond motifs is 1. The van der Waals surface area contributed by atoms with Crippen molar-refractivity contribution in [1.82, 2.24) is 9.88 Å². The lowest BCUT2D eigenvalue weighted by molar-refractivity contribution is 0.104. The molecule has 1 aromatic heterocycles. The number of urea groups is 1. The van der Waals surface area contributed by atoms with Crippen LogP contribution in [0.25, 0.3) is 10.8 Å². The topological polar surface area (TPSA) is 60.2 Å². The van der Waals surface area contributed by atoms with Crippen molar-refractivity contribution < 1.29 is 4.79 Å². The minimum atomic E-state index is -0.444. The molecule has 1 aromatic carbocycles. The quantitative estimate of drug-likeness (QED) is 0.863. The van der Waals surface area contributed by atoms with Crippen molar-refractivity contribution in [3.8, 4) is 6.07 Å². The second kappa shape index (κ2) is 5.45. The monoisotopic (exact) mass is 332 g/mol. The number of hydrogen-bond acceptors (Lipinski definition) is 3. The molecule has 0 unspecified atom stereocenters. The number of amides is 2. The Morgan fingerprint density at radius 3 is 2.68 bits per heavy atom. The molecule has 5 rings (SSSR count). The summed E-state index contributed by atoms with van der Waals surface area (Å²) in [4.78, 5) is 21.0. The summed E-state index contributed by atoms with van der Waals surface area (Å²) in [5, 5.41) is 11.6. The van der Waals surface area contributed by atoms with E-state index < -0.39 is 6.04 Å². The van der Waals surface area contributed by atoms with Crippen LogP contribution in [0, 0.1) is 23.2 Å². The van der Waals surface area contributed by atoms with Gasteiger partial charge < -0.3 is 4.90 Å². The molecular formula is C20H20N4O. The average molecular weight is 332 g/mol. The Morgan fingerprint density at radius 1 is 1.12 bits per heavy atom. The number of pyridine rings is 1. The van der Waals surface area contributed by atoms with Gasteiger partial charge in [0.15, 0.2) is 0 Å². The second-order valence-corrected chi connectivity index (χ2v) is 7.55. The predicted molar refractivity (Wildman–Crippen MR) is 95.0 cm³/mol. The third kappa shape index (κ3) is 2.28. The Labute approximate surface area is 146 Å². The van der Waals surface area contributed by atoms with E-state index in [9.17, 15) is 10.1 Å². The van der Waals surface area contributed by atoms with Gasteiger partial charge in [0.1, 0.15) is 6.04 Å². The first-order chi connectivity index (χ1) is 12.3. The van der Waals surface area contributed by atoms with Gasteiger partial charge in [0.05, 0.1) is 24.5 Å². The molecule has 3 aliphatic rings. The highest BCUT2D eigenvalue weighted by Crippen LogP contribution is 2.49. The first-order valence-corrected chi connectivity index (χ1v) is 9.08. The molecule has 126 valence electrons. The molecule has 2 aromatic rings. The summed E-state index contributed by atoms with van der Waals surface area (Å²) in [6.45, 7) is 0.501. The van der Waals surface area contributed by atoms with Crippen LogP contribution in [-0.2, 0) is 0 Å². The Hall–Kier alpha value is -2.61. The molecule has 2 aliphatic carbocycles. The zero-order valence-corrected chi connectivity index (χ0v) is 14.0. The molecule has 0 bridgehead atoms. The minimum Gasteiger partial charge on any atom is -0.318 e. The van der Waals surface area contributed by atoms with Crippen LogP contribution in [0.2, 0.25) is 0 Å². The fraction of sp³-hybridized carbons (Fsp3) is 0.450. The van der Waals surface area contributed by atoms with Gasteiger partial charge in [0.2, 0.25) is 0 Å². The van der Waals surface area contributed by atoms with Crippen LogP contribution < -0.4 is 4.90 Å². The largest absolute Gasteiger partial charge is 0.326 e. The van der Waals surface area contributed by atoms with Gasteiger partial charge in [-0.3, -0.25) is 9.88 Å². The van der Waals surface area contributed by atoms with Crippen molar-refractivity contribution >= 4 is 22.5 Å². The zero-order chi connectivity index (χ0) is 17.0. The smallest absolute Gasteiger partial charge is 0.318 e. The van der Waals surface area contributed by atoms with E-state index in [0.717, 1.165) is 41.1 Å². The fourth-order valence-electron chi connectivity index (χ4n) is 4.42. The third-order valence-corrected chi connectivity index (χ3v) is 6.07. The van der Waals surface area contributed by atoms with E-state index in [1.807, 2.05) is 29.2 Å². The van der Waals surface area contributed by atoms with Crippen molar-refractivity contribution in [3.63, 3.8) is 0 Å². The van der Waals surface area contributed by atoms with Crippen molar-refractivity contribution in [1.29, 1.82) is 5.26 Å². The van der Waals surface area contributed by atoms with Crippen LogP contribution in [-0.4, -0.2) is 34.5 Å². The van der Waals surface area contributed by atoms with E-state index in [0.29, 0.717) is 12.6 Å². The highest BCUT2D eigenvalue weighted by atomic mass is 16.2. The third-order valence-electron chi connectivity index (χ3n) is 6.07. The molecule has 2 heterocycles. The van der Waals surface area contributed by atoms with E-state index in [1.165, 1.54) is 12.8 Å². The maximum atomic E-state index is 13.1. The van der Waals surface area contributed by atoms with Crippen LogP contribution in [0.15, 0.2) is 36.7 Å². The van der Waals surface area contributed by atoms with Crippen molar-refractivity contribution in [2.24, 2.45) is 11.8 Å². The number of aromatic nitrogens is 1. The molecule has 0 N–H and O–H groups in total. The Balaban J connectivity index is 1.46. The number of rotatable bonds is 3. The summed E-state index contributed by atoms with van der Waals surface area (Å²) in [6, 6.07) is 10.0. The first-order valence-electron chi connectivity index (χ1n) is 9.08. The van der Waals surface area contributed by atoms with Gasteiger partial charge in [-0.2, -0.15) is 5.26 Å². The van der Waals surface area contributed by atoms with E-state index >= 15 is 0 Å². The fourth-order valence-corrected chi connectivity index (χ4v) is 4.42. The molecule has 2 amide bonds. The lowest BCUT2D eigenvalue weighted by atomic mass is 9.76. The number of benzene rings is 1. The number of nitrogens with zero attached hydrogens (tertiary/aromatic N) is 4. The summed E-state index contributed by atoms with van der Waals surface area (Å²) < 4.78 is 0. The summed E-state index contributed by atoms with van der Waals surface area (Å²) in [5.74, 6) is 1.70. The molecule has 1 saturated heterocycles. The van der Waals surface area contributed by atoms with E-state index in [-0.39, 0.29) is 6.03 Å². The first kappa shape index (κ1) is 14.7. The van der Waals surface area contributed by atoms with Crippen molar-refractivity contribution in [3.05, 3.63) is 36.7 Å². The molecule has 3 fully saturated rings. The summed E-state index contributed by atoms with van der Waals surface area (Å²) in [5.41, 5.74) is 0.746. The molecule has 5 heteroatoms. The van der Waals surface area contributed by atoms with Gasteiger partial charge in [0, 0.05) is 23.0 Å². The van der Waals surface area contributed by atoms with Gasteiger partial charge in [-0.1, -0.05) is 24.3 Å². The lowest BCUT2D eigenvalue weighted by Gasteiger charge is -2.41. The Kier molecular flexibility index (Phi) is 3.21. The Morgan fingerprint density at radius 2 is 1.92 bits per heavy atom. The molecule has 2 saturated carbocycles. The second-order valence-electron chi connectivity index (χ2n) is 7.55. The number of carbonyl (C=O) groups excluding carboxylic acids is 1. The predicted octanol–water partition coefficient (Wildman–Crippen LogP) is 3.56. The summed E-state index contributed by atoms with van der Waals surface area (Å²) in [6.07, 6.45) is 8.44. The van der Waals surface area contributed by atoms with Crippen LogP contribution in [0.1, 0.15) is 25.7 Å². The lowest BCUT2D eigenvalue weighted by Crippen LogP contribution is -2.47. The number of nitriles is 1. The van der Waals surface area contributed by atoms with Crippen molar-refractivity contribution in [2.75, 3.05) is 11.4 Å². The van der Waals surface area contributed by atoms with Gasteiger partial charge in [-0.15, -0.1) is 0 Å². The standard InChI is InChI=1S/C20H20N4O/c21-9-17-12-23(16-7-15(8-16)13-5-6-13)20(25)24(17)19-11-22-10-14-3-1-2-4-18(14)19/h1-4,10-11,13,15-17H,5-8,12H2/t15?,16?,17-/m0/s1. The number of hydrogen-bond donors (Lipinski definition) is 0. The highest BCUT2D eigenvalue weighted by Gasteiger charge is 2.48. The molecule has 1 atom stereocenters. The van der Waals surface area contributed by atoms with Gasteiger partial charge in [0.25, 0.3) is 0 Å². The van der Waals surface area contributed by atoms with E-state index in [2.05, 4.69) is 11.1 Å². The van der Waals surface area contributed by atoms with E-state index in [1.54, 1.807) is 17.3 Å². The van der Waals surface area contributed by atoms with Gasteiger partial charge >= 0.3 is 6.03 Å². The molecule has 0 radical (unpaired) electrons. The van der Waals surface area contributed by atoms with Gasteiger partial charge in [-0.05, 0) is 37.5 Å². The average Bonchev–Trinajstić information content (AvgIpc) is 3.38. The molecule has 1 aliphatic heterocycles. The highest BCUT2D eigenvalue weighted by molar-refractivity contribution is 6.04. The number of anilines is 1. The van der Waals surface area contributed by atoms with Crippen LogP contribution in [0.4, 0.5) is 10.5 Å². The molecule has 0 spiro atoms. The van der Waals surface area contributed by atoms with Crippen molar-refractivity contribution in [2.45, 2.75) is 37.8 Å². The molecular weight excluding hydrogens is 312 g/mol. The van der Waals surface area contributed by atoms with Crippen LogP contribution in [0.3, 0.4) is 0 Å². The SMILES string of the molecule is N#C[C@H]1CN(C2CC(C3CC3)C2)C(=O)N1c1cncc2ccccc12. The maximum absolute atomic E-state index is 13.1. The minimum absolute atomic E-state index is 0.0380. The zero-order valence-electron chi connectivity index (χ0n) is 14.0. The maximum Gasteiger partial charge on any atom is 0.326 e. The normalized spacial score (nSPS) is 28.9. The van der Waals surface area contributed by atoms with E-state index in [4.69, 9.17) is 0 Å². The molecule has 25 heavy (non-hydrogen) atoms. The van der Waals surface area contributed by atoms with Crippen LogP contribution in [0.5, 0.6) is 0 Å². The summed E-state index contributed by atoms with van der Waals surface area (Å²) >= 11 is 0.